The van der Waals surface area contributed by atoms with Crippen molar-refractivity contribution >= 4 is 5.97 Å². The van der Waals surface area contributed by atoms with Gasteiger partial charge in [0.05, 0.1) is 0 Å². The number of rotatable bonds is 5. The van der Waals surface area contributed by atoms with Gasteiger partial charge < -0.3 is 16.6 Å². The third-order valence-electron chi connectivity index (χ3n) is 0.826. The maximum atomic E-state index is 10.4. The van der Waals surface area contributed by atoms with E-state index in [-0.39, 0.29) is 0 Å². The van der Waals surface area contributed by atoms with Crippen LogP contribution < -0.4 is 11.5 Å². The monoisotopic (exact) mass is 150 g/mol. The Balaban J connectivity index is 4.37. The zero-order valence-electron chi connectivity index (χ0n) is 9.40. The molecule has 10 heavy (non-hydrogen) atoms. The van der Waals surface area contributed by atoms with Gasteiger partial charge in [0.1, 0.15) is 6.04 Å². The summed E-state index contributed by atoms with van der Waals surface area (Å²) < 4.78 is 28.8. The van der Waals surface area contributed by atoms with Gasteiger partial charge in [-0.15, -0.1) is 0 Å². The second-order valence-electron chi connectivity index (χ2n) is 1.63. The van der Waals surface area contributed by atoms with Crippen LogP contribution in [-0.4, -0.2) is 23.6 Å². The van der Waals surface area contributed by atoms with Crippen molar-refractivity contribution in [2.45, 2.75) is 25.2 Å². The van der Waals surface area contributed by atoms with E-state index in [2.05, 4.69) is 0 Å². The van der Waals surface area contributed by atoms with Crippen molar-refractivity contribution in [3.8, 4) is 0 Å². The van der Waals surface area contributed by atoms with Crippen LogP contribution in [0.4, 0.5) is 0 Å². The Kier molecular flexibility index (Phi) is 2.24. The fraction of sp³-hybridized carbons (Fsp3) is 0.833. The van der Waals surface area contributed by atoms with Gasteiger partial charge in [-0.25, -0.2) is 0 Å². The van der Waals surface area contributed by atoms with E-state index in [4.69, 9.17) is 22.1 Å². The highest BCUT2D eigenvalue weighted by atomic mass is 16.4. The summed E-state index contributed by atoms with van der Waals surface area (Å²) in [6.45, 7) is -1.33. The molecule has 0 rings (SSSR count). The van der Waals surface area contributed by atoms with Crippen LogP contribution in [0.5, 0.6) is 0 Å². The molecule has 0 fully saturated rings. The molecule has 4 nitrogen and oxygen atoms in total. The first-order valence-corrected chi connectivity index (χ1v) is 2.72. The minimum absolute atomic E-state index is 1.33. The molecule has 0 unspecified atom stereocenters. The number of nitrogens with two attached hydrogens (primary N) is 2. The molecule has 0 aliphatic carbocycles. The van der Waals surface area contributed by atoms with E-state index in [1.54, 1.807) is 0 Å². The lowest BCUT2D eigenvalue weighted by atomic mass is 10.1. The standard InChI is InChI=1S/C6H14N2O2/c7-4-2-1-3-5(8)6(9)10/h5H,1-4,7-8H2,(H,9,10)/t5-/m0/s1/i1D,2D,3D,4D/t1-,2+,3-,4-,5+/m1. The van der Waals surface area contributed by atoms with Crippen LogP contribution in [0.2, 0.25) is 0 Å². The Labute approximate surface area is 65.8 Å². The Bertz CT molecular complexity index is 204. The Morgan fingerprint density at radius 2 is 2.30 bits per heavy atom. The Hall–Kier alpha value is -0.610. The van der Waals surface area contributed by atoms with Crippen LogP contribution in [0.3, 0.4) is 0 Å². The molecule has 0 aliphatic rings. The molecule has 0 aromatic heterocycles. The minimum atomic E-state index is -1.52. The van der Waals surface area contributed by atoms with Gasteiger partial charge in [-0.05, 0) is 19.3 Å². The molecule has 0 saturated heterocycles. The summed E-state index contributed by atoms with van der Waals surface area (Å²) in [5.41, 5.74) is 10.1. The lowest BCUT2D eigenvalue weighted by Crippen LogP contribution is -2.29. The first kappa shape index (κ1) is 4.31. The van der Waals surface area contributed by atoms with E-state index >= 15 is 0 Å². The molecule has 0 amide bonds. The number of carbonyl (C=O) groups is 1. The van der Waals surface area contributed by atoms with Crippen molar-refractivity contribution in [3.63, 3.8) is 0 Å². The van der Waals surface area contributed by atoms with Gasteiger partial charge in [0, 0.05) is 5.48 Å². The van der Waals surface area contributed by atoms with Crippen molar-refractivity contribution < 1.29 is 15.4 Å². The highest BCUT2D eigenvalue weighted by Gasteiger charge is 2.09. The SMILES string of the molecule is [2H][C@@H]([C@@H]([2H])[C@H](N)C(=O)O)[C@H]([2H])[C@@H]([2H])N. The second kappa shape index (κ2) is 5.20. The molecule has 5 N–H and O–H groups in total. The predicted octanol–water partition coefficient (Wildman–Crippen LogP) is -0.473. The van der Waals surface area contributed by atoms with Gasteiger partial charge in [-0.2, -0.15) is 0 Å². The van der Waals surface area contributed by atoms with Gasteiger partial charge >= 0.3 is 5.97 Å². The van der Waals surface area contributed by atoms with E-state index in [0.717, 1.165) is 0 Å². The molecule has 0 heterocycles. The van der Waals surface area contributed by atoms with E-state index in [1.165, 1.54) is 0 Å². The third-order valence-corrected chi connectivity index (χ3v) is 0.826. The smallest absolute Gasteiger partial charge is 0.320 e. The zero-order chi connectivity index (χ0) is 11.5. The van der Waals surface area contributed by atoms with Gasteiger partial charge in [-0.1, -0.05) is 6.40 Å². The molecule has 60 valence electrons. The van der Waals surface area contributed by atoms with Crippen LogP contribution in [0, 0.1) is 0 Å². The van der Waals surface area contributed by atoms with Crippen LogP contribution >= 0.6 is 0 Å². The minimum Gasteiger partial charge on any atom is -0.480 e. The lowest BCUT2D eigenvalue weighted by Gasteiger charge is -2.03. The second-order valence-corrected chi connectivity index (χ2v) is 1.63. The van der Waals surface area contributed by atoms with Crippen LogP contribution in [-0.2, 0) is 4.79 Å². The summed E-state index contributed by atoms with van der Waals surface area (Å²) in [5.74, 6) is -1.40. The summed E-state index contributed by atoms with van der Waals surface area (Å²) in [4.78, 5) is 10.4. The molecule has 0 spiro atoms. The van der Waals surface area contributed by atoms with Gasteiger partial charge in [0.15, 0.2) is 0 Å². The molecule has 0 radical (unpaired) electrons. The average molecular weight is 150 g/mol. The predicted molar refractivity (Wildman–Crippen MR) is 38.5 cm³/mol. The first-order valence-electron chi connectivity index (χ1n) is 5.03. The summed E-state index contributed by atoms with van der Waals surface area (Å²) >= 11 is 0. The molecule has 0 aromatic rings. The average Bonchev–Trinajstić information content (AvgIpc) is 2.12. The zero-order valence-corrected chi connectivity index (χ0v) is 5.40. The van der Waals surface area contributed by atoms with Crippen molar-refractivity contribution in [3.05, 3.63) is 0 Å². The Morgan fingerprint density at radius 3 is 2.70 bits per heavy atom. The molecule has 0 aromatic carbocycles. The maximum Gasteiger partial charge on any atom is 0.320 e. The maximum absolute atomic E-state index is 10.4. The number of hydrogen-bond donors (Lipinski definition) is 3. The third kappa shape index (κ3) is 4.29. The van der Waals surface area contributed by atoms with Crippen LogP contribution in [0.25, 0.3) is 0 Å². The van der Waals surface area contributed by atoms with Crippen molar-refractivity contribution in [2.24, 2.45) is 11.5 Å². The van der Waals surface area contributed by atoms with Gasteiger partial charge in [-0.3, -0.25) is 4.79 Å². The summed E-state index contributed by atoms with van der Waals surface area (Å²) in [5, 5.41) is 8.45. The highest BCUT2D eigenvalue weighted by Crippen LogP contribution is 1.96. The van der Waals surface area contributed by atoms with Crippen molar-refractivity contribution in [2.75, 3.05) is 6.52 Å². The van der Waals surface area contributed by atoms with Crippen molar-refractivity contribution in [1.82, 2.24) is 0 Å². The largest absolute Gasteiger partial charge is 0.480 e. The topological polar surface area (TPSA) is 89.3 Å². The van der Waals surface area contributed by atoms with Crippen molar-refractivity contribution in [1.29, 1.82) is 0 Å². The fourth-order valence-electron chi connectivity index (χ4n) is 0.330. The number of aliphatic carboxylic acids is 1. The number of carboxylic acids is 1. The normalized spacial score (nSPS) is 31.4. The lowest BCUT2D eigenvalue weighted by molar-refractivity contribution is -0.138. The van der Waals surface area contributed by atoms with E-state index in [9.17, 15) is 4.79 Å². The Morgan fingerprint density at radius 1 is 1.70 bits per heavy atom. The van der Waals surface area contributed by atoms with E-state index < -0.39 is 37.7 Å². The molecule has 5 atom stereocenters. The number of hydrogen-bond acceptors (Lipinski definition) is 3. The molecule has 0 bridgehead atoms. The molecular weight excluding hydrogens is 132 g/mol. The molecular formula is C6H14N2O2. The fourth-order valence-corrected chi connectivity index (χ4v) is 0.330. The quantitative estimate of drug-likeness (QED) is 0.494. The summed E-state index contributed by atoms with van der Waals surface area (Å²) in [6, 6.07) is -1.52. The van der Waals surface area contributed by atoms with E-state index in [1.807, 2.05) is 0 Å². The molecule has 4 heteroatoms. The van der Waals surface area contributed by atoms with Crippen LogP contribution in [0.15, 0.2) is 0 Å². The van der Waals surface area contributed by atoms with E-state index in [0.29, 0.717) is 0 Å². The summed E-state index contributed by atoms with van der Waals surface area (Å²) in [6.07, 6.45) is -4.18. The van der Waals surface area contributed by atoms with Gasteiger partial charge in [0.25, 0.3) is 0 Å². The summed E-state index contributed by atoms with van der Waals surface area (Å²) in [7, 11) is 0. The first-order chi connectivity index (χ1) is 6.29. The molecule has 0 saturated carbocycles. The molecule has 0 aliphatic heterocycles. The highest BCUT2D eigenvalue weighted by molar-refractivity contribution is 5.72. The number of carboxylic acid groups (broad SMARTS) is 1. The van der Waals surface area contributed by atoms with Crippen LogP contribution in [0.1, 0.15) is 24.7 Å². The van der Waals surface area contributed by atoms with Gasteiger partial charge in [0.2, 0.25) is 0 Å².